The number of carbonyl (C=O) groups is 1. The number of alkyl halides is 3. The van der Waals surface area contributed by atoms with Crippen LogP contribution in [0.3, 0.4) is 0 Å². The van der Waals surface area contributed by atoms with Crippen molar-refractivity contribution < 1.29 is 22.7 Å². The van der Waals surface area contributed by atoms with Gasteiger partial charge in [0.25, 0.3) is 5.91 Å². The lowest BCUT2D eigenvalue weighted by Gasteiger charge is -2.33. The molecule has 0 saturated carbocycles. The first-order valence-corrected chi connectivity index (χ1v) is 6.54. The predicted molar refractivity (Wildman–Crippen MR) is 69.2 cm³/mol. The fourth-order valence-corrected chi connectivity index (χ4v) is 2.06. The summed E-state index contributed by atoms with van der Waals surface area (Å²) in [5, 5.41) is 3.17. The van der Waals surface area contributed by atoms with Gasteiger partial charge in [-0.05, 0) is 13.0 Å². The number of rotatable bonds is 3. The minimum atomic E-state index is -4.41. The van der Waals surface area contributed by atoms with E-state index in [-0.39, 0.29) is 17.8 Å². The number of carbonyl (C=O) groups excluding carboxylic acids is 1. The quantitative estimate of drug-likeness (QED) is 0.918. The molecule has 1 saturated heterocycles. The second-order valence-corrected chi connectivity index (χ2v) is 4.84. The van der Waals surface area contributed by atoms with Crippen molar-refractivity contribution in [3.63, 3.8) is 0 Å². The van der Waals surface area contributed by atoms with Crippen LogP contribution in [0.5, 0.6) is 5.88 Å². The van der Waals surface area contributed by atoms with Crippen LogP contribution in [0.25, 0.3) is 0 Å². The van der Waals surface area contributed by atoms with Crippen LogP contribution in [-0.2, 0) is 0 Å². The molecular weight excluding hydrogens is 287 g/mol. The van der Waals surface area contributed by atoms with E-state index < -0.39 is 12.8 Å². The Balaban J connectivity index is 1.99. The highest BCUT2D eigenvalue weighted by molar-refractivity contribution is 5.94. The van der Waals surface area contributed by atoms with Crippen LogP contribution in [0.15, 0.2) is 18.3 Å². The third kappa shape index (κ3) is 4.32. The number of piperazine rings is 1. The van der Waals surface area contributed by atoms with Gasteiger partial charge in [0.05, 0.1) is 5.56 Å². The number of hydrogen-bond donors (Lipinski definition) is 1. The zero-order valence-electron chi connectivity index (χ0n) is 11.5. The Hall–Kier alpha value is -1.83. The normalized spacial score (nSPS) is 19.4. The van der Waals surface area contributed by atoms with E-state index in [0.717, 1.165) is 6.54 Å². The fourth-order valence-electron chi connectivity index (χ4n) is 2.06. The summed E-state index contributed by atoms with van der Waals surface area (Å²) in [6.07, 6.45) is -3.17. The lowest BCUT2D eigenvalue weighted by atomic mass is 10.1. The lowest BCUT2D eigenvalue weighted by Crippen LogP contribution is -2.52. The third-order valence-electron chi connectivity index (χ3n) is 3.13. The van der Waals surface area contributed by atoms with E-state index in [0.29, 0.717) is 18.7 Å². The van der Waals surface area contributed by atoms with Crippen molar-refractivity contribution >= 4 is 5.91 Å². The number of amides is 1. The maximum atomic E-state index is 12.3. The number of nitrogens with zero attached hydrogens (tertiary/aromatic N) is 2. The molecule has 0 radical (unpaired) electrons. The summed E-state index contributed by atoms with van der Waals surface area (Å²) in [5.74, 6) is -0.337. The van der Waals surface area contributed by atoms with E-state index in [1.807, 2.05) is 6.92 Å². The highest BCUT2D eigenvalue weighted by Crippen LogP contribution is 2.17. The summed E-state index contributed by atoms with van der Waals surface area (Å²) in [6, 6.07) is 2.76. The smallest absolute Gasteiger partial charge is 0.422 e. The Labute approximate surface area is 120 Å². The molecule has 1 aromatic rings. The van der Waals surface area contributed by atoms with Crippen LogP contribution in [0.1, 0.15) is 17.3 Å². The maximum Gasteiger partial charge on any atom is 0.422 e. The molecule has 0 spiro atoms. The number of ether oxygens (including phenoxy) is 1. The molecule has 8 heteroatoms. The van der Waals surface area contributed by atoms with Crippen LogP contribution < -0.4 is 10.1 Å². The van der Waals surface area contributed by atoms with Gasteiger partial charge < -0.3 is 15.0 Å². The molecule has 5 nitrogen and oxygen atoms in total. The zero-order valence-corrected chi connectivity index (χ0v) is 11.5. The summed E-state index contributed by atoms with van der Waals surface area (Å²) >= 11 is 0. The SMILES string of the molecule is CC1CNCCN1C(=O)c1ccc(OCC(F)(F)F)nc1. The largest absolute Gasteiger partial charge is 0.468 e. The molecule has 1 amide bonds. The van der Waals surface area contributed by atoms with E-state index in [4.69, 9.17) is 0 Å². The summed E-state index contributed by atoms with van der Waals surface area (Å²) in [5.41, 5.74) is 0.336. The van der Waals surface area contributed by atoms with Gasteiger partial charge in [-0.2, -0.15) is 13.2 Å². The van der Waals surface area contributed by atoms with Gasteiger partial charge in [0.15, 0.2) is 6.61 Å². The van der Waals surface area contributed by atoms with Crippen molar-refractivity contribution in [1.82, 2.24) is 15.2 Å². The van der Waals surface area contributed by atoms with Crippen LogP contribution >= 0.6 is 0 Å². The Morgan fingerprint density at radius 3 is 2.86 bits per heavy atom. The van der Waals surface area contributed by atoms with Crippen LogP contribution in [0.2, 0.25) is 0 Å². The standard InChI is InChI=1S/C13H16F3N3O2/c1-9-6-17-4-5-19(9)12(20)10-2-3-11(18-7-10)21-8-13(14,15)16/h2-3,7,9,17H,4-6,8H2,1H3. The van der Waals surface area contributed by atoms with Crippen LogP contribution in [0.4, 0.5) is 13.2 Å². The molecule has 1 unspecified atom stereocenters. The average molecular weight is 303 g/mol. The van der Waals surface area contributed by atoms with Crippen molar-refractivity contribution in [2.45, 2.75) is 19.1 Å². The molecule has 2 heterocycles. The molecule has 1 fully saturated rings. The molecule has 1 aliphatic heterocycles. The minimum Gasteiger partial charge on any atom is -0.468 e. The van der Waals surface area contributed by atoms with E-state index >= 15 is 0 Å². The van der Waals surface area contributed by atoms with Crippen LogP contribution in [0, 0.1) is 0 Å². The molecule has 1 atom stereocenters. The van der Waals surface area contributed by atoms with Crippen molar-refractivity contribution in [2.24, 2.45) is 0 Å². The van der Waals surface area contributed by atoms with Crippen molar-refractivity contribution in [1.29, 1.82) is 0 Å². The summed E-state index contributed by atoms with van der Waals surface area (Å²) < 4.78 is 40.5. The number of aromatic nitrogens is 1. The molecule has 1 aromatic heterocycles. The van der Waals surface area contributed by atoms with Gasteiger partial charge in [0, 0.05) is 37.9 Å². The molecule has 1 aliphatic rings. The van der Waals surface area contributed by atoms with Gasteiger partial charge in [0.2, 0.25) is 5.88 Å². The number of hydrogen-bond acceptors (Lipinski definition) is 4. The summed E-state index contributed by atoms with van der Waals surface area (Å²) in [6.45, 7) is 2.55. The number of pyridine rings is 1. The van der Waals surface area contributed by atoms with Gasteiger partial charge in [-0.1, -0.05) is 0 Å². The highest BCUT2D eigenvalue weighted by atomic mass is 19.4. The van der Waals surface area contributed by atoms with Gasteiger partial charge >= 0.3 is 6.18 Å². The highest BCUT2D eigenvalue weighted by Gasteiger charge is 2.29. The first kappa shape index (κ1) is 15.6. The van der Waals surface area contributed by atoms with Crippen LogP contribution in [-0.4, -0.2) is 54.3 Å². The third-order valence-corrected chi connectivity index (χ3v) is 3.13. The number of halogens is 3. The van der Waals surface area contributed by atoms with Gasteiger partial charge in [-0.3, -0.25) is 4.79 Å². The van der Waals surface area contributed by atoms with Crippen molar-refractivity contribution in [2.75, 3.05) is 26.2 Å². The molecule has 2 rings (SSSR count). The Kier molecular flexibility index (Phi) is 4.66. The van der Waals surface area contributed by atoms with Crippen molar-refractivity contribution in [3.05, 3.63) is 23.9 Å². The maximum absolute atomic E-state index is 12.3. The van der Waals surface area contributed by atoms with E-state index in [2.05, 4.69) is 15.0 Å². The Morgan fingerprint density at radius 1 is 1.52 bits per heavy atom. The molecule has 116 valence electrons. The summed E-state index contributed by atoms with van der Waals surface area (Å²) in [7, 11) is 0. The zero-order chi connectivity index (χ0) is 15.5. The molecule has 1 N–H and O–H groups in total. The Bertz CT molecular complexity index is 490. The fraction of sp³-hybridized carbons (Fsp3) is 0.538. The second kappa shape index (κ2) is 6.30. The van der Waals surface area contributed by atoms with E-state index in [9.17, 15) is 18.0 Å². The first-order chi connectivity index (χ1) is 9.87. The topological polar surface area (TPSA) is 54.5 Å². The van der Waals surface area contributed by atoms with E-state index in [1.165, 1.54) is 18.3 Å². The molecule has 0 aliphatic carbocycles. The first-order valence-electron chi connectivity index (χ1n) is 6.54. The monoisotopic (exact) mass is 303 g/mol. The molecule has 0 bridgehead atoms. The second-order valence-electron chi connectivity index (χ2n) is 4.84. The van der Waals surface area contributed by atoms with E-state index in [1.54, 1.807) is 4.90 Å². The molecular formula is C13H16F3N3O2. The Morgan fingerprint density at radius 2 is 2.29 bits per heavy atom. The summed E-state index contributed by atoms with van der Waals surface area (Å²) in [4.78, 5) is 17.7. The molecule has 0 aromatic carbocycles. The van der Waals surface area contributed by atoms with Crippen molar-refractivity contribution in [3.8, 4) is 5.88 Å². The lowest BCUT2D eigenvalue weighted by molar-refractivity contribution is -0.154. The minimum absolute atomic E-state index is 0.0624. The predicted octanol–water partition coefficient (Wildman–Crippen LogP) is 1.46. The molecule has 21 heavy (non-hydrogen) atoms. The van der Waals surface area contributed by atoms with Gasteiger partial charge in [-0.25, -0.2) is 4.98 Å². The average Bonchev–Trinajstić information content (AvgIpc) is 2.45. The number of nitrogens with one attached hydrogen (secondary N) is 1. The van der Waals surface area contributed by atoms with Gasteiger partial charge in [-0.15, -0.1) is 0 Å². The van der Waals surface area contributed by atoms with Gasteiger partial charge in [0.1, 0.15) is 0 Å².